The molecule has 5 heteroatoms. The summed E-state index contributed by atoms with van der Waals surface area (Å²) in [5.74, 6) is -0.451. The first-order valence-electron chi connectivity index (χ1n) is 6.26. The van der Waals surface area contributed by atoms with Gasteiger partial charge in [-0.15, -0.1) is 0 Å². The van der Waals surface area contributed by atoms with E-state index in [1.165, 1.54) is 0 Å². The molecule has 18 heavy (non-hydrogen) atoms. The molecule has 0 rings (SSSR count). The molecule has 0 saturated heterocycles. The van der Waals surface area contributed by atoms with Gasteiger partial charge in [-0.2, -0.15) is 0 Å². The summed E-state index contributed by atoms with van der Waals surface area (Å²) in [4.78, 5) is 25.0. The zero-order valence-corrected chi connectivity index (χ0v) is 12.4. The van der Waals surface area contributed by atoms with Crippen LogP contribution in [0.5, 0.6) is 0 Å². The Bertz CT molecular complexity index is 282. The molecule has 0 spiro atoms. The molecule has 0 aromatic carbocycles. The van der Waals surface area contributed by atoms with Crippen molar-refractivity contribution in [3.05, 3.63) is 0 Å². The lowest BCUT2D eigenvalue weighted by molar-refractivity contribution is -0.155. The minimum absolute atomic E-state index is 0.0751. The largest absolute Gasteiger partial charge is 0.460 e. The molecular formula is C13H26N2O3. The molecule has 1 N–H and O–H groups in total. The van der Waals surface area contributed by atoms with Gasteiger partial charge in [0.2, 0.25) is 5.91 Å². The third kappa shape index (κ3) is 10.1. The fourth-order valence-corrected chi connectivity index (χ4v) is 1.55. The second kappa shape index (κ2) is 7.36. The van der Waals surface area contributed by atoms with Gasteiger partial charge in [-0.25, -0.2) is 0 Å². The number of carbonyl (C=O) groups is 2. The van der Waals surface area contributed by atoms with E-state index < -0.39 is 5.60 Å². The van der Waals surface area contributed by atoms with Crippen LogP contribution < -0.4 is 5.32 Å². The van der Waals surface area contributed by atoms with Crippen molar-refractivity contribution in [2.45, 2.75) is 52.2 Å². The predicted octanol–water partition coefficient (Wildman–Crippen LogP) is 1.17. The lowest BCUT2D eigenvalue weighted by Gasteiger charge is -2.20. The Labute approximate surface area is 110 Å². The summed E-state index contributed by atoms with van der Waals surface area (Å²) in [6, 6.07) is 0.0751. The van der Waals surface area contributed by atoms with Gasteiger partial charge in [-0.05, 0) is 41.8 Å². The highest BCUT2D eigenvalue weighted by Crippen LogP contribution is 2.09. The summed E-state index contributed by atoms with van der Waals surface area (Å²) in [5, 5.41) is 2.84. The van der Waals surface area contributed by atoms with E-state index in [0.29, 0.717) is 0 Å². The molecule has 1 amide bonds. The van der Waals surface area contributed by atoms with Crippen LogP contribution in [-0.2, 0) is 14.3 Å². The predicted molar refractivity (Wildman–Crippen MR) is 71.2 cm³/mol. The molecule has 0 aliphatic heterocycles. The van der Waals surface area contributed by atoms with Gasteiger partial charge in [0.05, 0.1) is 6.42 Å². The van der Waals surface area contributed by atoms with E-state index in [-0.39, 0.29) is 30.8 Å². The summed E-state index contributed by atoms with van der Waals surface area (Å²) < 4.78 is 5.13. The Morgan fingerprint density at radius 1 is 1.22 bits per heavy atom. The van der Waals surface area contributed by atoms with Gasteiger partial charge in [0.15, 0.2) is 0 Å². The van der Waals surface area contributed by atoms with Crippen LogP contribution in [0.2, 0.25) is 0 Å². The molecule has 0 bridgehead atoms. The number of rotatable bonds is 6. The standard InChI is InChI=1S/C13H26N2O3/c1-10(9-15(5)6)14-11(16)7-8-12(17)18-13(2,3)4/h10H,7-9H2,1-6H3,(H,14,16). The van der Waals surface area contributed by atoms with Crippen LogP contribution in [-0.4, -0.2) is 49.1 Å². The van der Waals surface area contributed by atoms with Crippen LogP contribution in [0, 0.1) is 0 Å². The van der Waals surface area contributed by atoms with Crippen LogP contribution >= 0.6 is 0 Å². The lowest BCUT2D eigenvalue weighted by Crippen LogP contribution is -2.39. The molecule has 0 aromatic heterocycles. The zero-order chi connectivity index (χ0) is 14.3. The SMILES string of the molecule is CC(CN(C)C)NC(=O)CCC(=O)OC(C)(C)C. The maximum Gasteiger partial charge on any atom is 0.306 e. The van der Waals surface area contributed by atoms with Crippen LogP contribution in [0.4, 0.5) is 0 Å². The second-order valence-electron chi connectivity index (χ2n) is 5.82. The maximum absolute atomic E-state index is 11.6. The molecule has 5 nitrogen and oxygen atoms in total. The van der Waals surface area contributed by atoms with Crippen LogP contribution in [0.1, 0.15) is 40.5 Å². The van der Waals surface area contributed by atoms with Crippen molar-refractivity contribution in [2.24, 2.45) is 0 Å². The highest BCUT2D eigenvalue weighted by molar-refractivity contribution is 5.81. The number of nitrogens with one attached hydrogen (secondary N) is 1. The van der Waals surface area contributed by atoms with Crippen molar-refractivity contribution in [2.75, 3.05) is 20.6 Å². The number of hydrogen-bond acceptors (Lipinski definition) is 4. The van der Waals surface area contributed by atoms with E-state index >= 15 is 0 Å². The van der Waals surface area contributed by atoms with Gasteiger partial charge >= 0.3 is 5.97 Å². The van der Waals surface area contributed by atoms with Gasteiger partial charge in [0.1, 0.15) is 5.60 Å². The Morgan fingerprint density at radius 3 is 2.22 bits per heavy atom. The first-order chi connectivity index (χ1) is 8.10. The normalized spacial score (nSPS) is 13.3. The van der Waals surface area contributed by atoms with Crippen LogP contribution in [0.3, 0.4) is 0 Å². The van der Waals surface area contributed by atoms with E-state index in [2.05, 4.69) is 5.32 Å². The Hall–Kier alpha value is -1.10. The third-order valence-corrected chi connectivity index (χ3v) is 2.02. The summed E-state index contributed by atoms with van der Waals surface area (Å²) in [6.45, 7) is 8.14. The molecule has 0 aliphatic rings. The molecule has 0 aliphatic carbocycles. The topological polar surface area (TPSA) is 58.6 Å². The minimum atomic E-state index is -0.494. The first kappa shape index (κ1) is 16.9. The molecule has 0 fully saturated rings. The number of carbonyl (C=O) groups excluding carboxylic acids is 2. The van der Waals surface area contributed by atoms with Gasteiger partial charge < -0.3 is 15.0 Å². The summed E-state index contributed by atoms with van der Waals surface area (Å²) in [5.41, 5.74) is -0.494. The van der Waals surface area contributed by atoms with Crippen molar-refractivity contribution in [3.63, 3.8) is 0 Å². The highest BCUT2D eigenvalue weighted by atomic mass is 16.6. The molecule has 0 aromatic rings. The number of hydrogen-bond donors (Lipinski definition) is 1. The average molecular weight is 258 g/mol. The molecule has 1 unspecified atom stereocenters. The van der Waals surface area contributed by atoms with Crippen molar-refractivity contribution < 1.29 is 14.3 Å². The summed E-state index contributed by atoms with van der Waals surface area (Å²) in [7, 11) is 3.90. The monoisotopic (exact) mass is 258 g/mol. The molecule has 0 radical (unpaired) electrons. The van der Waals surface area contributed by atoms with Crippen LogP contribution in [0.25, 0.3) is 0 Å². The maximum atomic E-state index is 11.6. The zero-order valence-electron chi connectivity index (χ0n) is 12.4. The average Bonchev–Trinajstić information content (AvgIpc) is 2.10. The van der Waals surface area contributed by atoms with Crippen molar-refractivity contribution in [1.82, 2.24) is 10.2 Å². The van der Waals surface area contributed by atoms with Crippen molar-refractivity contribution in [1.29, 1.82) is 0 Å². The first-order valence-corrected chi connectivity index (χ1v) is 6.26. The lowest BCUT2D eigenvalue weighted by atomic mass is 10.2. The van der Waals surface area contributed by atoms with E-state index in [1.807, 2.05) is 46.7 Å². The summed E-state index contributed by atoms with van der Waals surface area (Å²) >= 11 is 0. The molecule has 0 heterocycles. The molecule has 0 saturated carbocycles. The van der Waals surface area contributed by atoms with Gasteiger partial charge in [-0.3, -0.25) is 9.59 Å². The summed E-state index contributed by atoms with van der Waals surface area (Å²) in [6.07, 6.45) is 0.296. The van der Waals surface area contributed by atoms with E-state index in [1.54, 1.807) is 0 Å². The number of esters is 1. The van der Waals surface area contributed by atoms with Crippen molar-refractivity contribution >= 4 is 11.9 Å². The number of nitrogens with zero attached hydrogens (tertiary/aromatic N) is 1. The smallest absolute Gasteiger partial charge is 0.306 e. The minimum Gasteiger partial charge on any atom is -0.460 e. The fourth-order valence-electron chi connectivity index (χ4n) is 1.55. The van der Waals surface area contributed by atoms with Gasteiger partial charge in [-0.1, -0.05) is 0 Å². The van der Waals surface area contributed by atoms with Crippen molar-refractivity contribution in [3.8, 4) is 0 Å². The molecular weight excluding hydrogens is 232 g/mol. The van der Waals surface area contributed by atoms with E-state index in [9.17, 15) is 9.59 Å². The Morgan fingerprint density at radius 2 is 1.78 bits per heavy atom. The molecule has 106 valence electrons. The fraction of sp³-hybridized carbons (Fsp3) is 0.846. The second-order valence-corrected chi connectivity index (χ2v) is 5.82. The Kier molecular flexibility index (Phi) is 6.91. The van der Waals surface area contributed by atoms with E-state index in [0.717, 1.165) is 6.54 Å². The number of amides is 1. The van der Waals surface area contributed by atoms with E-state index in [4.69, 9.17) is 4.74 Å². The Balaban J connectivity index is 3.87. The number of ether oxygens (including phenoxy) is 1. The quantitative estimate of drug-likeness (QED) is 0.727. The van der Waals surface area contributed by atoms with Gasteiger partial charge in [0, 0.05) is 19.0 Å². The third-order valence-electron chi connectivity index (χ3n) is 2.02. The van der Waals surface area contributed by atoms with Crippen LogP contribution in [0.15, 0.2) is 0 Å². The molecule has 1 atom stereocenters. The highest BCUT2D eigenvalue weighted by Gasteiger charge is 2.17. The number of likely N-dealkylation sites (N-methyl/N-ethyl adjacent to an activating group) is 1. The van der Waals surface area contributed by atoms with Gasteiger partial charge in [0.25, 0.3) is 0 Å².